The first kappa shape index (κ1) is 11.5. The molecule has 1 unspecified atom stereocenters. The summed E-state index contributed by atoms with van der Waals surface area (Å²) in [5.41, 5.74) is 5.87. The summed E-state index contributed by atoms with van der Waals surface area (Å²) in [6.45, 7) is 0.202. The van der Waals surface area contributed by atoms with E-state index in [4.69, 9.17) is 5.73 Å². The van der Waals surface area contributed by atoms with Gasteiger partial charge < -0.3 is 5.73 Å². The Labute approximate surface area is 97.5 Å². The zero-order chi connectivity index (χ0) is 12.3. The second-order valence-corrected chi connectivity index (χ2v) is 3.68. The van der Waals surface area contributed by atoms with Gasteiger partial charge in [0.05, 0.1) is 6.04 Å². The van der Waals surface area contributed by atoms with Crippen LogP contribution in [0.1, 0.15) is 11.6 Å². The van der Waals surface area contributed by atoms with Gasteiger partial charge in [0, 0.05) is 24.5 Å². The van der Waals surface area contributed by atoms with E-state index in [0.717, 1.165) is 0 Å². The molecular weight excluding hydrogens is 221 g/mol. The molecule has 0 aliphatic carbocycles. The Bertz CT molecular complexity index is 567. The van der Waals surface area contributed by atoms with Crippen molar-refractivity contribution in [1.82, 2.24) is 9.55 Å². The molecule has 0 spiro atoms. The van der Waals surface area contributed by atoms with E-state index in [2.05, 4.69) is 4.98 Å². The number of benzene rings is 1. The van der Waals surface area contributed by atoms with Crippen molar-refractivity contribution in [3.05, 3.63) is 64.6 Å². The molecule has 0 bridgehead atoms. The quantitative estimate of drug-likeness (QED) is 0.863. The minimum atomic E-state index is -0.571. The Morgan fingerprint density at radius 3 is 2.82 bits per heavy atom. The van der Waals surface area contributed by atoms with Crippen LogP contribution in [0.2, 0.25) is 0 Å². The molecule has 1 aromatic heterocycles. The smallest absolute Gasteiger partial charge is 0.322 e. The molecule has 2 aromatic rings. The van der Waals surface area contributed by atoms with Crippen LogP contribution in [0.4, 0.5) is 4.39 Å². The number of halogens is 1. The van der Waals surface area contributed by atoms with Crippen molar-refractivity contribution in [3.8, 4) is 0 Å². The third-order valence-corrected chi connectivity index (χ3v) is 2.48. The summed E-state index contributed by atoms with van der Waals surface area (Å²) < 4.78 is 14.8. The van der Waals surface area contributed by atoms with Gasteiger partial charge in [-0.05, 0) is 12.1 Å². The minimum Gasteiger partial charge on any atom is -0.322 e. The van der Waals surface area contributed by atoms with Crippen LogP contribution in [0.25, 0.3) is 0 Å². The van der Waals surface area contributed by atoms with Gasteiger partial charge >= 0.3 is 5.69 Å². The maximum Gasteiger partial charge on any atom is 0.347 e. The molecule has 1 heterocycles. The van der Waals surface area contributed by atoms with Crippen LogP contribution in [-0.4, -0.2) is 9.55 Å². The predicted octanol–water partition coefficient (Wildman–Crippen LogP) is 1.08. The molecule has 0 amide bonds. The van der Waals surface area contributed by atoms with Crippen LogP contribution < -0.4 is 11.4 Å². The molecule has 1 aromatic carbocycles. The SMILES string of the molecule is NC(Cn1cccnc1=O)c1ccccc1F. The fourth-order valence-corrected chi connectivity index (χ4v) is 1.61. The number of nitrogens with two attached hydrogens (primary N) is 1. The molecule has 0 radical (unpaired) electrons. The van der Waals surface area contributed by atoms with Crippen LogP contribution in [0, 0.1) is 5.82 Å². The largest absolute Gasteiger partial charge is 0.347 e. The predicted molar refractivity (Wildman–Crippen MR) is 61.8 cm³/mol. The zero-order valence-corrected chi connectivity index (χ0v) is 9.08. The summed E-state index contributed by atoms with van der Waals surface area (Å²) in [6, 6.07) is 7.34. The zero-order valence-electron chi connectivity index (χ0n) is 9.08. The first-order valence-corrected chi connectivity index (χ1v) is 5.20. The van der Waals surface area contributed by atoms with Gasteiger partial charge in [0.25, 0.3) is 0 Å². The fourth-order valence-electron chi connectivity index (χ4n) is 1.61. The average Bonchev–Trinajstić information content (AvgIpc) is 2.32. The third-order valence-electron chi connectivity index (χ3n) is 2.48. The number of hydrogen-bond acceptors (Lipinski definition) is 3. The topological polar surface area (TPSA) is 60.9 Å². The molecule has 5 heteroatoms. The lowest BCUT2D eigenvalue weighted by Crippen LogP contribution is -2.28. The summed E-state index contributed by atoms with van der Waals surface area (Å²) >= 11 is 0. The van der Waals surface area contributed by atoms with Gasteiger partial charge in [0.1, 0.15) is 5.82 Å². The van der Waals surface area contributed by atoms with Gasteiger partial charge in [-0.1, -0.05) is 18.2 Å². The van der Waals surface area contributed by atoms with Crippen LogP contribution in [0.3, 0.4) is 0 Å². The second-order valence-electron chi connectivity index (χ2n) is 3.68. The van der Waals surface area contributed by atoms with E-state index in [0.29, 0.717) is 5.56 Å². The lowest BCUT2D eigenvalue weighted by Gasteiger charge is -2.13. The number of hydrogen-bond donors (Lipinski definition) is 1. The fraction of sp³-hybridized carbons (Fsp3) is 0.167. The van der Waals surface area contributed by atoms with Crippen molar-refractivity contribution < 1.29 is 4.39 Å². The lowest BCUT2D eigenvalue weighted by molar-refractivity contribution is 0.517. The van der Waals surface area contributed by atoms with E-state index in [9.17, 15) is 9.18 Å². The summed E-state index contributed by atoms with van der Waals surface area (Å²) in [7, 11) is 0. The van der Waals surface area contributed by atoms with Gasteiger partial charge in [-0.3, -0.25) is 4.57 Å². The molecule has 0 aliphatic heterocycles. The first-order valence-electron chi connectivity index (χ1n) is 5.20. The van der Waals surface area contributed by atoms with Crippen LogP contribution in [-0.2, 0) is 6.54 Å². The van der Waals surface area contributed by atoms with Crippen molar-refractivity contribution in [2.24, 2.45) is 5.73 Å². The minimum absolute atomic E-state index is 0.202. The molecular formula is C12H12FN3O. The molecule has 88 valence electrons. The Morgan fingerprint density at radius 2 is 2.12 bits per heavy atom. The van der Waals surface area contributed by atoms with Gasteiger partial charge in [-0.15, -0.1) is 0 Å². The van der Waals surface area contributed by atoms with Crippen molar-refractivity contribution in [2.75, 3.05) is 0 Å². The van der Waals surface area contributed by atoms with Crippen molar-refractivity contribution in [1.29, 1.82) is 0 Å². The van der Waals surface area contributed by atoms with Crippen molar-refractivity contribution in [2.45, 2.75) is 12.6 Å². The maximum absolute atomic E-state index is 13.5. The van der Waals surface area contributed by atoms with Gasteiger partial charge in [-0.25, -0.2) is 14.2 Å². The lowest BCUT2D eigenvalue weighted by atomic mass is 10.1. The molecule has 0 saturated carbocycles. The Morgan fingerprint density at radius 1 is 1.35 bits per heavy atom. The summed E-state index contributed by atoms with van der Waals surface area (Å²) in [4.78, 5) is 15.0. The Balaban J connectivity index is 2.23. The Kier molecular flexibility index (Phi) is 3.30. The number of rotatable bonds is 3. The van der Waals surface area contributed by atoms with Gasteiger partial charge in [0.2, 0.25) is 0 Å². The molecule has 0 aliphatic rings. The average molecular weight is 233 g/mol. The molecule has 2 N–H and O–H groups in total. The second kappa shape index (κ2) is 4.88. The molecule has 0 fully saturated rings. The van der Waals surface area contributed by atoms with E-state index >= 15 is 0 Å². The summed E-state index contributed by atoms with van der Waals surface area (Å²) in [5.74, 6) is -0.364. The highest BCUT2D eigenvalue weighted by atomic mass is 19.1. The highest BCUT2D eigenvalue weighted by molar-refractivity contribution is 5.20. The maximum atomic E-state index is 13.5. The third kappa shape index (κ3) is 2.57. The summed E-state index contributed by atoms with van der Waals surface area (Å²) in [6.07, 6.45) is 2.99. The monoisotopic (exact) mass is 233 g/mol. The number of nitrogens with zero attached hydrogens (tertiary/aromatic N) is 2. The van der Waals surface area contributed by atoms with E-state index in [1.807, 2.05) is 0 Å². The van der Waals surface area contributed by atoms with E-state index in [1.54, 1.807) is 30.5 Å². The molecule has 17 heavy (non-hydrogen) atoms. The van der Waals surface area contributed by atoms with E-state index < -0.39 is 6.04 Å². The van der Waals surface area contributed by atoms with Crippen LogP contribution in [0.5, 0.6) is 0 Å². The van der Waals surface area contributed by atoms with Crippen molar-refractivity contribution >= 4 is 0 Å². The standard InChI is InChI=1S/C12H12FN3O/c13-10-5-2-1-4-9(10)11(14)8-16-7-3-6-15-12(16)17/h1-7,11H,8,14H2. The van der Waals surface area contributed by atoms with E-state index in [-0.39, 0.29) is 18.1 Å². The molecule has 4 nitrogen and oxygen atoms in total. The van der Waals surface area contributed by atoms with Crippen molar-refractivity contribution in [3.63, 3.8) is 0 Å². The first-order chi connectivity index (χ1) is 8.18. The number of aromatic nitrogens is 2. The highest BCUT2D eigenvalue weighted by Gasteiger charge is 2.11. The molecule has 2 rings (SSSR count). The van der Waals surface area contributed by atoms with Crippen LogP contribution in [0.15, 0.2) is 47.5 Å². The highest BCUT2D eigenvalue weighted by Crippen LogP contribution is 2.15. The van der Waals surface area contributed by atoms with E-state index in [1.165, 1.54) is 16.8 Å². The normalized spacial score (nSPS) is 12.4. The molecule has 1 atom stereocenters. The molecule has 0 saturated heterocycles. The van der Waals surface area contributed by atoms with Gasteiger partial charge in [-0.2, -0.15) is 0 Å². The van der Waals surface area contributed by atoms with Gasteiger partial charge in [0.15, 0.2) is 0 Å². The Hall–Kier alpha value is -2.01. The van der Waals surface area contributed by atoms with Crippen LogP contribution >= 0.6 is 0 Å². The summed E-state index contributed by atoms with van der Waals surface area (Å²) in [5, 5.41) is 0.